The molecule has 0 bridgehead atoms. The first kappa shape index (κ1) is 18.1. The highest BCUT2D eigenvalue weighted by atomic mass is 16.5. The molecular weight excluding hydrogens is 368 g/mol. The van der Waals surface area contributed by atoms with Crippen molar-refractivity contribution in [2.24, 2.45) is 4.99 Å². The summed E-state index contributed by atoms with van der Waals surface area (Å²) in [5.41, 5.74) is 3.33. The van der Waals surface area contributed by atoms with Gasteiger partial charge < -0.3 is 19.3 Å². The molecule has 29 heavy (non-hydrogen) atoms. The van der Waals surface area contributed by atoms with Crippen LogP contribution in [0.15, 0.2) is 41.7 Å². The van der Waals surface area contributed by atoms with Crippen molar-refractivity contribution in [3.8, 4) is 0 Å². The summed E-state index contributed by atoms with van der Waals surface area (Å²) >= 11 is 0. The van der Waals surface area contributed by atoms with Crippen LogP contribution in [-0.4, -0.2) is 67.4 Å². The van der Waals surface area contributed by atoms with E-state index in [4.69, 9.17) is 19.4 Å². The quantitative estimate of drug-likeness (QED) is 0.792. The zero-order valence-corrected chi connectivity index (χ0v) is 16.5. The summed E-state index contributed by atoms with van der Waals surface area (Å²) in [6.07, 6.45) is 8.67. The third-order valence-electron chi connectivity index (χ3n) is 5.57. The molecule has 3 aliphatic heterocycles. The minimum atomic E-state index is 0.124. The van der Waals surface area contributed by atoms with Crippen molar-refractivity contribution in [3.63, 3.8) is 0 Å². The lowest BCUT2D eigenvalue weighted by Crippen LogP contribution is -2.37. The van der Waals surface area contributed by atoms with Crippen LogP contribution >= 0.6 is 0 Å². The number of morpholine rings is 1. The molecule has 8 nitrogen and oxygen atoms in total. The number of aromatic nitrogens is 3. The number of pyridine rings is 1. The third-order valence-corrected chi connectivity index (χ3v) is 5.57. The van der Waals surface area contributed by atoms with Gasteiger partial charge in [-0.15, -0.1) is 0 Å². The Labute approximate surface area is 169 Å². The zero-order valence-electron chi connectivity index (χ0n) is 16.5. The number of nitrogens with zero attached hydrogens (tertiary/aromatic N) is 6. The largest absolute Gasteiger partial charge is 0.481 e. The van der Waals surface area contributed by atoms with Crippen molar-refractivity contribution >= 4 is 23.4 Å². The van der Waals surface area contributed by atoms with Crippen LogP contribution in [0.3, 0.4) is 0 Å². The first-order valence-electron chi connectivity index (χ1n) is 10.0. The lowest BCUT2D eigenvalue weighted by molar-refractivity contribution is 0.122. The van der Waals surface area contributed by atoms with Gasteiger partial charge in [-0.3, -0.25) is 9.98 Å². The Kier molecular flexibility index (Phi) is 4.85. The van der Waals surface area contributed by atoms with E-state index in [2.05, 4.69) is 31.9 Å². The molecule has 5 rings (SSSR count). The van der Waals surface area contributed by atoms with Crippen LogP contribution in [0.25, 0.3) is 0 Å². The van der Waals surface area contributed by atoms with Crippen LogP contribution in [-0.2, 0) is 15.9 Å². The van der Waals surface area contributed by atoms with Crippen molar-refractivity contribution in [1.29, 1.82) is 0 Å². The number of ether oxygens (including phenoxy) is 2. The van der Waals surface area contributed by atoms with Gasteiger partial charge in [0.05, 0.1) is 44.4 Å². The fourth-order valence-corrected chi connectivity index (χ4v) is 4.06. The zero-order chi connectivity index (χ0) is 19.6. The van der Waals surface area contributed by atoms with Gasteiger partial charge in [-0.25, -0.2) is 4.98 Å². The molecule has 0 saturated carbocycles. The molecule has 0 aromatic carbocycles. The monoisotopic (exact) mass is 392 g/mol. The van der Waals surface area contributed by atoms with Crippen LogP contribution in [0.2, 0.25) is 0 Å². The summed E-state index contributed by atoms with van der Waals surface area (Å²) in [4.78, 5) is 23.3. The molecule has 8 heteroatoms. The predicted molar refractivity (Wildman–Crippen MR) is 111 cm³/mol. The van der Waals surface area contributed by atoms with Crippen molar-refractivity contribution in [2.75, 3.05) is 56.3 Å². The number of methoxy groups -OCH3 is 1. The van der Waals surface area contributed by atoms with E-state index < -0.39 is 0 Å². The summed E-state index contributed by atoms with van der Waals surface area (Å²) in [5.74, 6) is 2.55. The van der Waals surface area contributed by atoms with E-state index in [1.807, 2.05) is 18.3 Å². The maximum atomic E-state index is 5.52. The predicted octanol–water partition coefficient (Wildman–Crippen LogP) is 2.10. The van der Waals surface area contributed by atoms with Gasteiger partial charge >= 0.3 is 0 Å². The van der Waals surface area contributed by atoms with E-state index in [-0.39, 0.29) is 5.92 Å². The molecule has 2 aromatic heterocycles. The second-order valence-electron chi connectivity index (χ2n) is 7.27. The van der Waals surface area contributed by atoms with Gasteiger partial charge in [0.15, 0.2) is 0 Å². The number of dihydropyridines is 1. The highest BCUT2D eigenvalue weighted by molar-refractivity contribution is 5.88. The standard InChI is InChI=1S/C21H24N6O2/c1-28-18-5-4-15(13-23-18)19-17-6-8-27(16-3-2-7-22-14-16)20(17)25-21(24-19)26-9-11-29-12-10-26/h2-5,7,14-15H,6,8-13H2,1H3. The summed E-state index contributed by atoms with van der Waals surface area (Å²) < 4.78 is 10.8. The van der Waals surface area contributed by atoms with Gasteiger partial charge in [-0.2, -0.15) is 4.98 Å². The molecule has 1 atom stereocenters. The number of aliphatic imine (C=N–C) groups is 1. The minimum absolute atomic E-state index is 0.124. The molecule has 2 aromatic rings. The Bertz CT molecular complexity index is 940. The van der Waals surface area contributed by atoms with Crippen molar-refractivity contribution in [1.82, 2.24) is 15.0 Å². The second-order valence-corrected chi connectivity index (χ2v) is 7.27. The average molecular weight is 392 g/mol. The number of anilines is 3. The Balaban J connectivity index is 1.56. The fraction of sp³-hybridized carbons (Fsp3) is 0.429. The van der Waals surface area contributed by atoms with Crippen LogP contribution in [0, 0.1) is 0 Å². The van der Waals surface area contributed by atoms with E-state index in [0.717, 1.165) is 49.2 Å². The summed E-state index contributed by atoms with van der Waals surface area (Å²) in [6, 6.07) is 4.04. The summed E-state index contributed by atoms with van der Waals surface area (Å²) in [6.45, 7) is 4.52. The first-order valence-corrected chi connectivity index (χ1v) is 10.0. The van der Waals surface area contributed by atoms with Crippen molar-refractivity contribution < 1.29 is 9.47 Å². The Hall–Kier alpha value is -3.00. The fourth-order valence-electron chi connectivity index (χ4n) is 4.06. The Morgan fingerprint density at radius 3 is 2.79 bits per heavy atom. The molecule has 0 amide bonds. The molecular formula is C21H24N6O2. The second kappa shape index (κ2) is 7.79. The van der Waals surface area contributed by atoms with Gasteiger partial charge in [0.1, 0.15) is 5.82 Å². The topological polar surface area (TPSA) is 76.0 Å². The molecule has 0 aliphatic carbocycles. The van der Waals surface area contributed by atoms with Crippen molar-refractivity contribution in [3.05, 3.63) is 47.9 Å². The first-order chi connectivity index (χ1) is 14.3. The lowest BCUT2D eigenvalue weighted by Gasteiger charge is -2.29. The molecule has 1 fully saturated rings. The van der Waals surface area contributed by atoms with Gasteiger partial charge in [0, 0.05) is 37.3 Å². The molecule has 0 spiro atoms. The van der Waals surface area contributed by atoms with E-state index >= 15 is 0 Å². The summed E-state index contributed by atoms with van der Waals surface area (Å²) in [7, 11) is 1.65. The SMILES string of the molecule is COC1=NCC(c2nc(N3CCOCC3)nc3c2CCN3c2cccnc2)C=C1. The van der Waals surface area contributed by atoms with E-state index in [1.165, 1.54) is 5.56 Å². The maximum absolute atomic E-state index is 5.52. The number of fused-ring (bicyclic) bond motifs is 1. The van der Waals surface area contributed by atoms with E-state index in [1.54, 1.807) is 13.3 Å². The molecule has 150 valence electrons. The number of hydrogen-bond acceptors (Lipinski definition) is 8. The van der Waals surface area contributed by atoms with Crippen LogP contribution in [0.4, 0.5) is 17.5 Å². The molecule has 1 unspecified atom stereocenters. The highest BCUT2D eigenvalue weighted by Crippen LogP contribution is 2.38. The highest BCUT2D eigenvalue weighted by Gasteiger charge is 2.31. The maximum Gasteiger partial charge on any atom is 0.227 e. The van der Waals surface area contributed by atoms with Gasteiger partial charge in [-0.1, -0.05) is 6.08 Å². The van der Waals surface area contributed by atoms with E-state index in [0.29, 0.717) is 25.7 Å². The Morgan fingerprint density at radius 2 is 2.07 bits per heavy atom. The summed E-state index contributed by atoms with van der Waals surface area (Å²) in [5, 5.41) is 0. The van der Waals surface area contributed by atoms with Gasteiger partial charge in [-0.05, 0) is 24.6 Å². The number of hydrogen-bond donors (Lipinski definition) is 0. The van der Waals surface area contributed by atoms with Crippen LogP contribution in [0.1, 0.15) is 17.2 Å². The minimum Gasteiger partial charge on any atom is -0.481 e. The molecule has 3 aliphatic rings. The average Bonchev–Trinajstić information content (AvgIpc) is 3.24. The van der Waals surface area contributed by atoms with E-state index in [9.17, 15) is 0 Å². The van der Waals surface area contributed by atoms with Crippen molar-refractivity contribution in [2.45, 2.75) is 12.3 Å². The van der Waals surface area contributed by atoms with Gasteiger partial charge in [0.25, 0.3) is 0 Å². The third kappa shape index (κ3) is 3.44. The molecule has 0 N–H and O–H groups in total. The molecule has 5 heterocycles. The van der Waals surface area contributed by atoms with Crippen LogP contribution in [0.5, 0.6) is 0 Å². The Morgan fingerprint density at radius 1 is 1.17 bits per heavy atom. The molecule has 0 radical (unpaired) electrons. The normalized spacial score (nSPS) is 21.1. The van der Waals surface area contributed by atoms with Gasteiger partial charge in [0.2, 0.25) is 11.8 Å². The lowest BCUT2D eigenvalue weighted by atomic mass is 9.98. The number of rotatable bonds is 3. The molecule has 1 saturated heterocycles. The smallest absolute Gasteiger partial charge is 0.227 e. The van der Waals surface area contributed by atoms with Crippen LogP contribution < -0.4 is 9.80 Å².